The number of benzene rings is 2. The lowest BCUT2D eigenvalue weighted by Gasteiger charge is -2.19. The van der Waals surface area contributed by atoms with E-state index in [-0.39, 0.29) is 24.0 Å². The number of aromatic nitrogens is 3. The molecule has 30 heavy (non-hydrogen) atoms. The summed E-state index contributed by atoms with van der Waals surface area (Å²) < 4.78 is 13.3. The van der Waals surface area contributed by atoms with Gasteiger partial charge in [-0.1, -0.05) is 41.9 Å². The van der Waals surface area contributed by atoms with Gasteiger partial charge in [-0.2, -0.15) is 0 Å². The number of halogens is 2. The van der Waals surface area contributed by atoms with E-state index in [2.05, 4.69) is 15.0 Å². The third-order valence-corrected chi connectivity index (χ3v) is 5.57. The van der Waals surface area contributed by atoms with Gasteiger partial charge in [0.05, 0.1) is 24.1 Å². The molecule has 0 atom stereocenters. The third kappa shape index (κ3) is 4.37. The number of hydrogen-bond donors (Lipinski definition) is 0. The van der Waals surface area contributed by atoms with Crippen LogP contribution in [0, 0.1) is 12.7 Å². The van der Waals surface area contributed by atoms with Crippen LogP contribution in [0.1, 0.15) is 21.7 Å². The van der Waals surface area contributed by atoms with Crippen molar-refractivity contribution < 1.29 is 9.18 Å². The summed E-state index contributed by atoms with van der Waals surface area (Å²) in [6.07, 6.45) is 2.98. The van der Waals surface area contributed by atoms with Gasteiger partial charge < -0.3 is 0 Å². The fraction of sp³-hybridized carbons (Fsp3) is 0.0909. The predicted molar refractivity (Wildman–Crippen MR) is 116 cm³/mol. The van der Waals surface area contributed by atoms with Crippen LogP contribution >= 0.6 is 22.9 Å². The van der Waals surface area contributed by atoms with E-state index in [4.69, 9.17) is 11.6 Å². The molecule has 0 spiro atoms. The van der Waals surface area contributed by atoms with Crippen molar-refractivity contribution >= 4 is 34.0 Å². The fourth-order valence-electron chi connectivity index (χ4n) is 2.82. The van der Waals surface area contributed by atoms with Gasteiger partial charge in [-0.3, -0.25) is 14.7 Å². The van der Waals surface area contributed by atoms with E-state index in [1.807, 2.05) is 23.6 Å². The lowest BCUT2D eigenvalue weighted by molar-refractivity contribution is 0.0980. The molecule has 150 valence electrons. The van der Waals surface area contributed by atoms with Crippen LogP contribution in [0.5, 0.6) is 0 Å². The van der Waals surface area contributed by atoms with Gasteiger partial charge in [-0.05, 0) is 30.7 Å². The van der Waals surface area contributed by atoms with Gasteiger partial charge >= 0.3 is 0 Å². The van der Waals surface area contributed by atoms with Crippen LogP contribution in [-0.4, -0.2) is 20.9 Å². The Balaban J connectivity index is 1.71. The molecule has 2 aromatic heterocycles. The molecule has 4 rings (SSSR count). The number of thiazole rings is 1. The first-order valence-electron chi connectivity index (χ1n) is 9.06. The van der Waals surface area contributed by atoms with Crippen molar-refractivity contribution in [2.75, 3.05) is 4.90 Å². The summed E-state index contributed by atoms with van der Waals surface area (Å²) in [6.45, 7) is 2.01. The van der Waals surface area contributed by atoms with Crippen LogP contribution in [0.2, 0.25) is 5.02 Å². The maximum atomic E-state index is 13.3. The molecule has 0 N–H and O–H groups in total. The van der Waals surface area contributed by atoms with E-state index in [9.17, 15) is 9.18 Å². The van der Waals surface area contributed by atoms with Gasteiger partial charge in [0.2, 0.25) is 0 Å². The number of anilines is 1. The van der Waals surface area contributed by atoms with Gasteiger partial charge in [0.15, 0.2) is 5.13 Å². The quantitative estimate of drug-likeness (QED) is 0.410. The molecule has 0 aliphatic heterocycles. The van der Waals surface area contributed by atoms with E-state index in [0.717, 1.165) is 11.1 Å². The van der Waals surface area contributed by atoms with Crippen LogP contribution in [0.25, 0.3) is 11.3 Å². The third-order valence-electron chi connectivity index (χ3n) is 4.37. The molecule has 0 unspecified atom stereocenters. The van der Waals surface area contributed by atoms with E-state index in [1.165, 1.54) is 34.6 Å². The second kappa shape index (κ2) is 8.69. The lowest BCUT2D eigenvalue weighted by atomic mass is 10.2. The molecule has 0 saturated heterocycles. The zero-order valence-corrected chi connectivity index (χ0v) is 17.5. The van der Waals surface area contributed by atoms with Crippen molar-refractivity contribution in [3.05, 3.63) is 94.1 Å². The molecule has 0 fully saturated rings. The van der Waals surface area contributed by atoms with Gasteiger partial charge in [0.1, 0.15) is 11.5 Å². The average Bonchev–Trinajstić information content (AvgIpc) is 3.23. The Morgan fingerprint density at radius 2 is 1.87 bits per heavy atom. The first-order chi connectivity index (χ1) is 14.5. The Bertz CT molecular complexity index is 1180. The molecule has 0 radical (unpaired) electrons. The average molecular weight is 439 g/mol. The van der Waals surface area contributed by atoms with Crippen molar-refractivity contribution in [2.45, 2.75) is 13.5 Å². The van der Waals surface area contributed by atoms with Crippen LogP contribution in [-0.2, 0) is 6.54 Å². The highest BCUT2D eigenvalue weighted by Gasteiger charge is 2.23. The number of aryl methyl sites for hydroxylation is 1. The Morgan fingerprint density at radius 1 is 1.10 bits per heavy atom. The molecular formula is C22H16ClFN4OS. The molecule has 2 aromatic carbocycles. The van der Waals surface area contributed by atoms with Gasteiger partial charge in [0, 0.05) is 22.2 Å². The van der Waals surface area contributed by atoms with Gasteiger partial charge in [0.25, 0.3) is 5.91 Å². The normalized spacial score (nSPS) is 10.8. The summed E-state index contributed by atoms with van der Waals surface area (Å²) in [5, 5.41) is 2.92. The standard InChI is InChI=1S/C22H16ClFN4OS/c1-14-10-26-19(11-25-14)21(29)28(12-15-6-8-16(24)9-7-15)22-27-20(13-30-22)17-4-2-3-5-18(17)23/h2-11,13H,12H2,1H3. The van der Waals surface area contributed by atoms with E-state index in [0.29, 0.717) is 21.5 Å². The van der Waals surface area contributed by atoms with Gasteiger partial charge in [-0.15, -0.1) is 11.3 Å². The van der Waals surface area contributed by atoms with Crippen LogP contribution in [0.3, 0.4) is 0 Å². The molecule has 5 nitrogen and oxygen atoms in total. The van der Waals surface area contributed by atoms with Crippen molar-refractivity contribution in [3.63, 3.8) is 0 Å². The van der Waals surface area contributed by atoms with Crippen molar-refractivity contribution in [2.24, 2.45) is 0 Å². The Labute approximate surface area is 181 Å². The minimum atomic E-state index is -0.341. The summed E-state index contributed by atoms with van der Waals surface area (Å²) in [7, 11) is 0. The predicted octanol–water partition coefficient (Wildman–Crippen LogP) is 5.55. The highest BCUT2D eigenvalue weighted by atomic mass is 35.5. The topological polar surface area (TPSA) is 59.0 Å². The zero-order valence-electron chi connectivity index (χ0n) is 15.9. The van der Waals surface area contributed by atoms with E-state index < -0.39 is 0 Å². The summed E-state index contributed by atoms with van der Waals surface area (Å²) >= 11 is 7.62. The highest BCUT2D eigenvalue weighted by molar-refractivity contribution is 7.14. The minimum Gasteiger partial charge on any atom is -0.278 e. The Morgan fingerprint density at radius 3 is 2.57 bits per heavy atom. The summed E-state index contributed by atoms with van der Waals surface area (Å²) in [5.41, 5.74) is 3.14. The molecule has 4 aromatic rings. The Hall–Kier alpha value is -3.16. The number of amides is 1. The first-order valence-corrected chi connectivity index (χ1v) is 10.3. The zero-order chi connectivity index (χ0) is 21.1. The minimum absolute atomic E-state index is 0.206. The molecule has 8 heteroatoms. The lowest BCUT2D eigenvalue weighted by Crippen LogP contribution is -2.31. The fourth-order valence-corrected chi connectivity index (χ4v) is 3.88. The van der Waals surface area contributed by atoms with Crippen LogP contribution in [0.4, 0.5) is 9.52 Å². The Kier molecular flexibility index (Phi) is 5.83. The second-order valence-electron chi connectivity index (χ2n) is 6.56. The molecule has 0 bridgehead atoms. The van der Waals surface area contributed by atoms with Crippen molar-refractivity contribution in [1.29, 1.82) is 0 Å². The smallest absolute Gasteiger partial charge is 0.278 e. The number of carbonyl (C=O) groups excluding carboxylic acids is 1. The molecule has 2 heterocycles. The maximum Gasteiger partial charge on any atom is 0.280 e. The van der Waals surface area contributed by atoms with E-state index >= 15 is 0 Å². The monoisotopic (exact) mass is 438 g/mol. The summed E-state index contributed by atoms with van der Waals surface area (Å²) in [5.74, 6) is -0.678. The molecule has 1 amide bonds. The molecule has 0 aliphatic rings. The summed E-state index contributed by atoms with van der Waals surface area (Å²) in [6, 6.07) is 13.4. The largest absolute Gasteiger partial charge is 0.280 e. The van der Waals surface area contributed by atoms with Gasteiger partial charge in [-0.25, -0.2) is 14.4 Å². The van der Waals surface area contributed by atoms with Crippen LogP contribution < -0.4 is 4.90 Å². The summed E-state index contributed by atoms with van der Waals surface area (Å²) in [4.78, 5) is 27.7. The van der Waals surface area contributed by atoms with Crippen molar-refractivity contribution in [1.82, 2.24) is 15.0 Å². The molecule has 0 aliphatic carbocycles. The molecule has 0 saturated carbocycles. The maximum absolute atomic E-state index is 13.3. The number of rotatable bonds is 5. The van der Waals surface area contributed by atoms with Crippen LogP contribution in [0.15, 0.2) is 66.3 Å². The second-order valence-corrected chi connectivity index (χ2v) is 7.80. The number of carbonyl (C=O) groups is 1. The van der Waals surface area contributed by atoms with E-state index in [1.54, 1.807) is 31.3 Å². The highest BCUT2D eigenvalue weighted by Crippen LogP contribution is 2.32. The molecular weight excluding hydrogens is 423 g/mol. The number of hydrogen-bond acceptors (Lipinski definition) is 5. The SMILES string of the molecule is Cc1cnc(C(=O)N(Cc2ccc(F)cc2)c2nc(-c3ccccc3Cl)cs2)cn1. The van der Waals surface area contributed by atoms with Crippen molar-refractivity contribution in [3.8, 4) is 11.3 Å². The first kappa shape index (κ1) is 20.1. The number of nitrogens with zero attached hydrogens (tertiary/aromatic N) is 4.